The molecule has 0 bridgehead atoms. The molecule has 0 radical (unpaired) electrons. The summed E-state index contributed by atoms with van der Waals surface area (Å²) in [6.07, 6.45) is 3.17. The molecule has 3 aromatic rings. The molecule has 1 atom stereocenters. The molecular weight excluding hydrogens is 340 g/mol. The first-order valence-electron chi connectivity index (χ1n) is 9.72. The van der Waals surface area contributed by atoms with E-state index in [1.54, 1.807) is 0 Å². The normalized spacial score (nSPS) is 17.4. The van der Waals surface area contributed by atoms with Crippen LogP contribution in [-0.4, -0.2) is 61.7 Å². The van der Waals surface area contributed by atoms with Gasteiger partial charge in [0.1, 0.15) is 11.5 Å². The van der Waals surface area contributed by atoms with Crippen molar-refractivity contribution in [1.82, 2.24) is 29.5 Å². The summed E-state index contributed by atoms with van der Waals surface area (Å²) in [4.78, 5) is 14.5. The predicted molar refractivity (Wildman–Crippen MR) is 108 cm³/mol. The number of nitrogens with one attached hydrogen (secondary N) is 2. The Kier molecular flexibility index (Phi) is 4.73. The summed E-state index contributed by atoms with van der Waals surface area (Å²) < 4.78 is 1.99. The number of nitrogens with zero attached hydrogens (tertiary/aromatic N) is 6. The van der Waals surface area contributed by atoms with Crippen LogP contribution in [0.2, 0.25) is 0 Å². The quantitative estimate of drug-likeness (QED) is 0.697. The van der Waals surface area contributed by atoms with Crippen molar-refractivity contribution in [2.45, 2.75) is 40.2 Å². The Morgan fingerprint density at radius 3 is 2.74 bits per heavy atom. The van der Waals surface area contributed by atoms with Gasteiger partial charge < -0.3 is 10.2 Å². The second kappa shape index (κ2) is 7.19. The third kappa shape index (κ3) is 3.49. The van der Waals surface area contributed by atoms with Gasteiger partial charge in [0.05, 0.1) is 5.69 Å². The molecule has 0 spiro atoms. The molecule has 8 nitrogen and oxygen atoms in total. The highest BCUT2D eigenvalue weighted by molar-refractivity contribution is 5.61. The number of aryl methyl sites for hydroxylation is 2. The molecule has 3 aromatic heterocycles. The standard InChI is InChI=1S/C19H28N8/c1-5-25(6-2)15-7-8-26(12-15)17-10-18-20-14(4)11-27(18)19(22-17)21-16-9-13(3)23-24-16/h9-11,15H,5-8,12H2,1-4H3,(H2,21,22,23,24). The van der Waals surface area contributed by atoms with Crippen molar-refractivity contribution in [3.05, 3.63) is 29.7 Å². The molecule has 0 aliphatic carbocycles. The van der Waals surface area contributed by atoms with Gasteiger partial charge in [-0.15, -0.1) is 0 Å². The number of H-pyrrole nitrogens is 1. The number of aromatic amines is 1. The van der Waals surface area contributed by atoms with E-state index in [0.29, 0.717) is 6.04 Å². The van der Waals surface area contributed by atoms with Crippen LogP contribution in [0, 0.1) is 13.8 Å². The van der Waals surface area contributed by atoms with Crippen molar-refractivity contribution in [2.75, 3.05) is 36.4 Å². The van der Waals surface area contributed by atoms with Crippen LogP contribution < -0.4 is 10.2 Å². The molecule has 8 heteroatoms. The minimum Gasteiger partial charge on any atom is -0.355 e. The summed E-state index contributed by atoms with van der Waals surface area (Å²) in [7, 11) is 0. The zero-order valence-electron chi connectivity index (χ0n) is 16.5. The Labute approximate surface area is 159 Å². The summed E-state index contributed by atoms with van der Waals surface area (Å²) in [6, 6.07) is 4.64. The second-order valence-corrected chi connectivity index (χ2v) is 7.22. The molecule has 4 heterocycles. The molecule has 1 fully saturated rings. The van der Waals surface area contributed by atoms with Gasteiger partial charge in [0.25, 0.3) is 0 Å². The molecule has 0 aromatic carbocycles. The lowest BCUT2D eigenvalue weighted by Gasteiger charge is -2.26. The average Bonchev–Trinajstić information content (AvgIpc) is 3.36. The molecule has 1 unspecified atom stereocenters. The van der Waals surface area contributed by atoms with Crippen molar-refractivity contribution in [3.63, 3.8) is 0 Å². The van der Waals surface area contributed by atoms with E-state index < -0.39 is 0 Å². The van der Waals surface area contributed by atoms with Crippen molar-refractivity contribution >= 4 is 23.2 Å². The van der Waals surface area contributed by atoms with Crippen LogP contribution >= 0.6 is 0 Å². The first-order chi connectivity index (χ1) is 13.1. The molecule has 1 saturated heterocycles. The maximum Gasteiger partial charge on any atom is 0.216 e. The van der Waals surface area contributed by atoms with E-state index in [2.05, 4.69) is 50.2 Å². The van der Waals surface area contributed by atoms with Crippen molar-refractivity contribution in [2.24, 2.45) is 0 Å². The number of hydrogen-bond donors (Lipinski definition) is 2. The third-order valence-corrected chi connectivity index (χ3v) is 5.32. The van der Waals surface area contributed by atoms with E-state index >= 15 is 0 Å². The zero-order valence-corrected chi connectivity index (χ0v) is 16.5. The summed E-state index contributed by atoms with van der Waals surface area (Å²) >= 11 is 0. The lowest BCUT2D eigenvalue weighted by Crippen LogP contribution is -2.37. The number of aromatic nitrogens is 5. The van der Waals surface area contributed by atoms with Gasteiger partial charge in [0.15, 0.2) is 5.82 Å². The van der Waals surface area contributed by atoms with Crippen LogP contribution in [0.4, 0.5) is 17.6 Å². The summed E-state index contributed by atoms with van der Waals surface area (Å²) in [5, 5.41) is 10.6. The van der Waals surface area contributed by atoms with Crippen LogP contribution in [0.15, 0.2) is 18.3 Å². The van der Waals surface area contributed by atoms with E-state index in [1.807, 2.05) is 30.5 Å². The van der Waals surface area contributed by atoms with Gasteiger partial charge in [0, 0.05) is 43.2 Å². The number of fused-ring (bicyclic) bond motifs is 1. The molecule has 144 valence electrons. The smallest absolute Gasteiger partial charge is 0.216 e. The molecule has 1 aliphatic heterocycles. The van der Waals surface area contributed by atoms with Crippen LogP contribution in [0.1, 0.15) is 31.7 Å². The lowest BCUT2D eigenvalue weighted by atomic mass is 10.2. The van der Waals surface area contributed by atoms with Gasteiger partial charge in [-0.25, -0.2) is 4.98 Å². The van der Waals surface area contributed by atoms with Gasteiger partial charge in [-0.05, 0) is 33.4 Å². The summed E-state index contributed by atoms with van der Waals surface area (Å²) in [6.45, 7) is 12.7. The Morgan fingerprint density at radius 1 is 1.22 bits per heavy atom. The Balaban J connectivity index is 1.65. The minimum atomic E-state index is 0.588. The van der Waals surface area contributed by atoms with Crippen LogP contribution in [0.3, 0.4) is 0 Å². The highest BCUT2D eigenvalue weighted by Crippen LogP contribution is 2.26. The first-order valence-corrected chi connectivity index (χ1v) is 9.72. The average molecular weight is 368 g/mol. The molecule has 4 rings (SSSR count). The van der Waals surface area contributed by atoms with Gasteiger partial charge in [-0.2, -0.15) is 10.1 Å². The van der Waals surface area contributed by atoms with Gasteiger partial charge in [0.2, 0.25) is 5.95 Å². The largest absolute Gasteiger partial charge is 0.355 e. The number of rotatable bonds is 6. The molecule has 27 heavy (non-hydrogen) atoms. The van der Waals surface area contributed by atoms with Crippen molar-refractivity contribution < 1.29 is 0 Å². The summed E-state index contributed by atoms with van der Waals surface area (Å²) in [5.41, 5.74) is 2.88. The number of imidazole rings is 1. The lowest BCUT2D eigenvalue weighted by molar-refractivity contribution is 0.232. The molecule has 2 N–H and O–H groups in total. The van der Waals surface area contributed by atoms with Crippen molar-refractivity contribution in [1.29, 1.82) is 0 Å². The monoisotopic (exact) mass is 368 g/mol. The molecule has 1 aliphatic rings. The third-order valence-electron chi connectivity index (χ3n) is 5.32. The highest BCUT2D eigenvalue weighted by atomic mass is 15.3. The maximum atomic E-state index is 4.91. The van der Waals surface area contributed by atoms with Crippen LogP contribution in [0.25, 0.3) is 5.65 Å². The van der Waals surface area contributed by atoms with Crippen LogP contribution in [-0.2, 0) is 0 Å². The molecule has 0 saturated carbocycles. The Hall–Kier alpha value is -2.61. The van der Waals surface area contributed by atoms with E-state index in [4.69, 9.17) is 4.98 Å². The Bertz CT molecular complexity index is 923. The SMILES string of the molecule is CCN(CC)C1CCN(c2cc3nc(C)cn3c(Nc3cc(C)[nH]n3)n2)C1. The van der Waals surface area contributed by atoms with E-state index in [1.165, 1.54) is 6.42 Å². The zero-order chi connectivity index (χ0) is 19.0. The molecular formula is C19H28N8. The molecule has 0 amide bonds. The highest BCUT2D eigenvalue weighted by Gasteiger charge is 2.27. The first kappa shape index (κ1) is 17.8. The number of likely N-dealkylation sites (N-methyl/N-ethyl adjacent to an activating group) is 1. The minimum absolute atomic E-state index is 0.588. The van der Waals surface area contributed by atoms with E-state index in [9.17, 15) is 0 Å². The van der Waals surface area contributed by atoms with E-state index in [0.717, 1.165) is 60.8 Å². The number of hydrogen-bond acceptors (Lipinski definition) is 6. The fourth-order valence-corrected chi connectivity index (χ4v) is 3.93. The fourth-order valence-electron chi connectivity index (χ4n) is 3.93. The Morgan fingerprint density at radius 2 is 2.04 bits per heavy atom. The van der Waals surface area contributed by atoms with Gasteiger partial charge in [-0.3, -0.25) is 14.4 Å². The van der Waals surface area contributed by atoms with Crippen LogP contribution in [0.5, 0.6) is 0 Å². The second-order valence-electron chi connectivity index (χ2n) is 7.22. The van der Waals surface area contributed by atoms with Gasteiger partial charge in [-0.1, -0.05) is 13.8 Å². The van der Waals surface area contributed by atoms with Gasteiger partial charge >= 0.3 is 0 Å². The maximum absolute atomic E-state index is 4.91. The fraction of sp³-hybridized carbons (Fsp3) is 0.526. The predicted octanol–water partition coefficient (Wildman–Crippen LogP) is 2.73. The number of anilines is 3. The summed E-state index contributed by atoms with van der Waals surface area (Å²) in [5.74, 6) is 2.46. The topological polar surface area (TPSA) is 77.4 Å². The van der Waals surface area contributed by atoms with E-state index in [-0.39, 0.29) is 0 Å². The van der Waals surface area contributed by atoms with Crippen molar-refractivity contribution in [3.8, 4) is 0 Å².